The van der Waals surface area contributed by atoms with E-state index in [0.29, 0.717) is 13.1 Å². The molecular formula is C13H21N3O4. The lowest BCUT2D eigenvalue weighted by molar-refractivity contribution is -0.147. The maximum atomic E-state index is 11.7. The molecule has 20 heavy (non-hydrogen) atoms. The number of urea groups is 1. The van der Waals surface area contributed by atoms with Gasteiger partial charge in [-0.2, -0.15) is 0 Å². The summed E-state index contributed by atoms with van der Waals surface area (Å²) in [5.41, 5.74) is 0. The van der Waals surface area contributed by atoms with Crippen LogP contribution in [0.4, 0.5) is 4.79 Å². The average Bonchev–Trinajstić information content (AvgIpc) is 2.44. The Kier molecular flexibility index (Phi) is 6.72. The van der Waals surface area contributed by atoms with Crippen LogP contribution < -0.4 is 10.6 Å². The fourth-order valence-corrected chi connectivity index (χ4v) is 2.14. The second kappa shape index (κ2) is 8.31. The van der Waals surface area contributed by atoms with Crippen molar-refractivity contribution in [3.63, 3.8) is 0 Å². The van der Waals surface area contributed by atoms with Crippen LogP contribution in [0, 0.1) is 5.92 Å². The lowest BCUT2D eigenvalue weighted by atomic mass is 9.98. The number of likely N-dealkylation sites (tertiary alicyclic amines) is 1. The summed E-state index contributed by atoms with van der Waals surface area (Å²) >= 11 is 0. The summed E-state index contributed by atoms with van der Waals surface area (Å²) in [7, 11) is 1.36. The van der Waals surface area contributed by atoms with E-state index in [-0.39, 0.29) is 18.4 Å². The van der Waals surface area contributed by atoms with E-state index in [2.05, 4.69) is 17.2 Å². The van der Waals surface area contributed by atoms with Crippen molar-refractivity contribution in [2.75, 3.05) is 33.3 Å². The normalized spacial score (nSPS) is 18.9. The lowest BCUT2D eigenvalue weighted by Gasteiger charge is -2.30. The van der Waals surface area contributed by atoms with Crippen molar-refractivity contribution >= 4 is 17.9 Å². The first kappa shape index (κ1) is 16.2. The maximum absolute atomic E-state index is 11.7. The third-order valence-corrected chi connectivity index (χ3v) is 3.07. The van der Waals surface area contributed by atoms with Gasteiger partial charge in [-0.05, 0) is 19.4 Å². The molecule has 7 nitrogen and oxygen atoms in total. The van der Waals surface area contributed by atoms with E-state index in [4.69, 9.17) is 4.74 Å². The molecule has 0 aromatic heterocycles. The summed E-state index contributed by atoms with van der Waals surface area (Å²) in [5.74, 6) is -0.841. The Morgan fingerprint density at radius 1 is 1.45 bits per heavy atom. The SMILES string of the molecule is C=CCNC(=O)NC(=O)CN1CCC[C@H](C(=O)OC)C1. The Labute approximate surface area is 118 Å². The molecule has 112 valence electrons. The van der Waals surface area contributed by atoms with Gasteiger partial charge in [0.05, 0.1) is 19.6 Å². The van der Waals surface area contributed by atoms with E-state index >= 15 is 0 Å². The van der Waals surface area contributed by atoms with Crippen molar-refractivity contribution in [3.8, 4) is 0 Å². The number of carbonyl (C=O) groups is 3. The number of amides is 3. The number of nitrogens with one attached hydrogen (secondary N) is 2. The zero-order valence-electron chi connectivity index (χ0n) is 11.7. The molecule has 1 rings (SSSR count). The quantitative estimate of drug-likeness (QED) is 0.542. The Hall–Kier alpha value is -1.89. The van der Waals surface area contributed by atoms with Gasteiger partial charge in [0.15, 0.2) is 0 Å². The smallest absolute Gasteiger partial charge is 0.321 e. The van der Waals surface area contributed by atoms with Gasteiger partial charge in [0.1, 0.15) is 0 Å². The van der Waals surface area contributed by atoms with Gasteiger partial charge in [-0.1, -0.05) is 6.08 Å². The van der Waals surface area contributed by atoms with Crippen molar-refractivity contribution < 1.29 is 19.1 Å². The van der Waals surface area contributed by atoms with E-state index in [9.17, 15) is 14.4 Å². The maximum Gasteiger partial charge on any atom is 0.321 e. The number of piperidine rings is 1. The lowest BCUT2D eigenvalue weighted by Crippen LogP contribution is -2.47. The standard InChI is InChI=1S/C13H21N3O4/c1-3-6-14-13(19)15-11(17)9-16-7-4-5-10(8-16)12(18)20-2/h3,10H,1,4-9H2,2H3,(H2,14,15,17,19)/t10-/m0/s1. The molecule has 0 spiro atoms. The Bertz CT molecular complexity index is 384. The predicted octanol–water partition coefficient (Wildman–Crippen LogP) is -0.117. The molecule has 2 N–H and O–H groups in total. The summed E-state index contributed by atoms with van der Waals surface area (Å²) in [6.45, 7) is 5.06. The summed E-state index contributed by atoms with van der Waals surface area (Å²) in [5, 5.41) is 4.68. The topological polar surface area (TPSA) is 87.7 Å². The second-order valence-corrected chi connectivity index (χ2v) is 4.64. The molecule has 1 fully saturated rings. The number of nitrogens with zero attached hydrogens (tertiary/aromatic N) is 1. The first-order valence-corrected chi connectivity index (χ1v) is 6.55. The molecular weight excluding hydrogens is 262 g/mol. The minimum Gasteiger partial charge on any atom is -0.469 e. The molecule has 1 heterocycles. The van der Waals surface area contributed by atoms with Gasteiger partial charge in [-0.3, -0.25) is 19.8 Å². The van der Waals surface area contributed by atoms with Crippen LogP contribution in [0.1, 0.15) is 12.8 Å². The molecule has 0 aromatic carbocycles. The van der Waals surface area contributed by atoms with Crippen LogP contribution >= 0.6 is 0 Å². The van der Waals surface area contributed by atoms with Crippen molar-refractivity contribution in [2.45, 2.75) is 12.8 Å². The van der Waals surface area contributed by atoms with Crippen molar-refractivity contribution in [2.24, 2.45) is 5.92 Å². The van der Waals surface area contributed by atoms with Crippen LogP contribution in [0.3, 0.4) is 0 Å². The van der Waals surface area contributed by atoms with E-state index < -0.39 is 11.9 Å². The largest absolute Gasteiger partial charge is 0.469 e. The van der Waals surface area contributed by atoms with Gasteiger partial charge in [0.2, 0.25) is 5.91 Å². The van der Waals surface area contributed by atoms with E-state index in [1.54, 1.807) is 0 Å². The predicted molar refractivity (Wildman–Crippen MR) is 72.9 cm³/mol. The fourth-order valence-electron chi connectivity index (χ4n) is 2.14. The molecule has 1 atom stereocenters. The van der Waals surface area contributed by atoms with Gasteiger partial charge in [-0.15, -0.1) is 6.58 Å². The summed E-state index contributed by atoms with van der Waals surface area (Å²) in [6, 6.07) is -0.545. The van der Waals surface area contributed by atoms with Gasteiger partial charge < -0.3 is 10.1 Å². The number of rotatable bonds is 5. The molecule has 0 aliphatic carbocycles. The number of hydrogen-bond donors (Lipinski definition) is 2. The third-order valence-electron chi connectivity index (χ3n) is 3.07. The molecule has 0 aromatic rings. The Morgan fingerprint density at radius 2 is 2.20 bits per heavy atom. The highest BCUT2D eigenvalue weighted by Gasteiger charge is 2.27. The van der Waals surface area contributed by atoms with Gasteiger partial charge in [0.25, 0.3) is 0 Å². The zero-order valence-corrected chi connectivity index (χ0v) is 11.7. The molecule has 0 unspecified atom stereocenters. The van der Waals surface area contributed by atoms with E-state index in [0.717, 1.165) is 19.4 Å². The highest BCUT2D eigenvalue weighted by atomic mass is 16.5. The summed E-state index contributed by atoms with van der Waals surface area (Å²) < 4.78 is 4.71. The molecule has 0 saturated carbocycles. The van der Waals surface area contributed by atoms with Crippen LogP contribution in [0.15, 0.2) is 12.7 Å². The Morgan fingerprint density at radius 3 is 2.85 bits per heavy atom. The van der Waals surface area contributed by atoms with Crippen molar-refractivity contribution in [1.82, 2.24) is 15.5 Å². The number of esters is 1. The van der Waals surface area contributed by atoms with Gasteiger partial charge in [-0.25, -0.2) is 4.79 Å². The number of methoxy groups -OCH3 is 1. The zero-order chi connectivity index (χ0) is 15.0. The first-order chi connectivity index (χ1) is 9.56. The van der Waals surface area contributed by atoms with Crippen LogP contribution in [0.2, 0.25) is 0 Å². The van der Waals surface area contributed by atoms with Gasteiger partial charge >= 0.3 is 12.0 Å². The number of carbonyl (C=O) groups excluding carboxylic acids is 3. The van der Waals surface area contributed by atoms with Crippen molar-refractivity contribution in [1.29, 1.82) is 0 Å². The molecule has 1 aliphatic rings. The number of ether oxygens (including phenoxy) is 1. The van der Waals surface area contributed by atoms with Crippen LogP contribution in [0.25, 0.3) is 0 Å². The van der Waals surface area contributed by atoms with Crippen molar-refractivity contribution in [3.05, 3.63) is 12.7 Å². The average molecular weight is 283 g/mol. The van der Waals surface area contributed by atoms with Gasteiger partial charge in [0, 0.05) is 13.1 Å². The monoisotopic (exact) mass is 283 g/mol. The summed E-state index contributed by atoms with van der Waals surface area (Å²) in [6.07, 6.45) is 3.12. The minimum absolute atomic E-state index is 0.0923. The van der Waals surface area contributed by atoms with Crippen LogP contribution in [0.5, 0.6) is 0 Å². The fraction of sp³-hybridized carbons (Fsp3) is 0.615. The molecule has 7 heteroatoms. The highest BCUT2D eigenvalue weighted by Crippen LogP contribution is 2.17. The van der Waals surface area contributed by atoms with E-state index in [1.807, 2.05) is 4.90 Å². The third kappa shape index (κ3) is 5.40. The molecule has 0 radical (unpaired) electrons. The number of imide groups is 1. The first-order valence-electron chi connectivity index (χ1n) is 6.55. The molecule has 0 bridgehead atoms. The van der Waals surface area contributed by atoms with Crippen LogP contribution in [-0.4, -0.2) is 56.1 Å². The number of hydrogen-bond acceptors (Lipinski definition) is 5. The highest BCUT2D eigenvalue weighted by molar-refractivity contribution is 5.95. The second-order valence-electron chi connectivity index (χ2n) is 4.64. The Balaban J connectivity index is 2.35. The minimum atomic E-state index is -0.545. The van der Waals surface area contributed by atoms with Crippen LogP contribution in [-0.2, 0) is 14.3 Å². The molecule has 1 aliphatic heterocycles. The summed E-state index contributed by atoms with van der Waals surface area (Å²) in [4.78, 5) is 36.3. The molecule has 3 amide bonds. The molecule has 1 saturated heterocycles. The van der Waals surface area contributed by atoms with E-state index in [1.165, 1.54) is 13.2 Å².